The molecule has 0 aliphatic carbocycles. The van der Waals surface area contributed by atoms with Crippen molar-refractivity contribution in [3.63, 3.8) is 0 Å². The quantitative estimate of drug-likeness (QED) is 0.849. The highest BCUT2D eigenvalue weighted by Gasteiger charge is 2.25. The van der Waals surface area contributed by atoms with E-state index in [2.05, 4.69) is 0 Å². The molecule has 1 fully saturated rings. The standard InChI is InChI=1S/C12H18N2O3S/c13-6-5-11-1-3-12(4-2-11)18(15,16)14-7-9-17-10-8-14/h1-4H,5-10,13H2. The summed E-state index contributed by atoms with van der Waals surface area (Å²) in [6.45, 7) is 2.34. The molecule has 1 aromatic carbocycles. The number of rotatable bonds is 4. The Balaban J connectivity index is 2.18. The van der Waals surface area contributed by atoms with E-state index in [0.717, 1.165) is 12.0 Å². The SMILES string of the molecule is NCCc1ccc(S(=O)(=O)N2CCOCC2)cc1. The number of nitrogens with zero attached hydrogens (tertiary/aromatic N) is 1. The zero-order valence-corrected chi connectivity index (χ0v) is 11.0. The molecule has 2 rings (SSSR count). The first-order chi connectivity index (χ1) is 8.64. The molecule has 0 spiro atoms. The summed E-state index contributed by atoms with van der Waals surface area (Å²) in [5.74, 6) is 0. The van der Waals surface area contributed by atoms with Gasteiger partial charge in [-0.2, -0.15) is 4.31 Å². The van der Waals surface area contributed by atoms with E-state index in [1.165, 1.54) is 4.31 Å². The summed E-state index contributed by atoms with van der Waals surface area (Å²) in [6, 6.07) is 6.94. The summed E-state index contributed by atoms with van der Waals surface area (Å²) in [5, 5.41) is 0. The molecule has 0 aromatic heterocycles. The normalized spacial score (nSPS) is 17.8. The molecule has 100 valence electrons. The van der Waals surface area contributed by atoms with Crippen molar-refractivity contribution in [2.24, 2.45) is 5.73 Å². The molecule has 18 heavy (non-hydrogen) atoms. The van der Waals surface area contributed by atoms with Crippen LogP contribution in [0.2, 0.25) is 0 Å². The van der Waals surface area contributed by atoms with E-state index < -0.39 is 10.0 Å². The molecule has 0 radical (unpaired) electrons. The lowest BCUT2D eigenvalue weighted by atomic mass is 10.2. The molecule has 1 aliphatic rings. The molecule has 0 bridgehead atoms. The predicted octanol–water partition coefficient (Wildman–Crippen LogP) is 0.209. The summed E-state index contributed by atoms with van der Waals surface area (Å²) in [5.41, 5.74) is 6.52. The number of hydrogen-bond acceptors (Lipinski definition) is 4. The highest BCUT2D eigenvalue weighted by molar-refractivity contribution is 7.89. The number of hydrogen-bond donors (Lipinski definition) is 1. The second kappa shape index (κ2) is 5.79. The molecule has 1 aromatic rings. The van der Waals surface area contributed by atoms with Gasteiger partial charge in [-0.1, -0.05) is 12.1 Å². The molecular weight excluding hydrogens is 252 g/mol. The van der Waals surface area contributed by atoms with Crippen LogP contribution >= 0.6 is 0 Å². The molecule has 1 saturated heterocycles. The number of nitrogens with two attached hydrogens (primary N) is 1. The average molecular weight is 270 g/mol. The van der Waals surface area contributed by atoms with Gasteiger partial charge in [-0.05, 0) is 30.7 Å². The molecule has 0 atom stereocenters. The van der Waals surface area contributed by atoms with Gasteiger partial charge in [-0.15, -0.1) is 0 Å². The van der Waals surface area contributed by atoms with Crippen LogP contribution in [0.15, 0.2) is 29.2 Å². The van der Waals surface area contributed by atoms with E-state index in [4.69, 9.17) is 10.5 Å². The third kappa shape index (κ3) is 2.89. The average Bonchev–Trinajstić information content (AvgIpc) is 2.41. The monoisotopic (exact) mass is 270 g/mol. The fraction of sp³-hybridized carbons (Fsp3) is 0.500. The largest absolute Gasteiger partial charge is 0.379 e. The molecule has 6 heteroatoms. The highest BCUT2D eigenvalue weighted by Crippen LogP contribution is 2.17. The van der Waals surface area contributed by atoms with Crippen molar-refractivity contribution in [1.29, 1.82) is 0 Å². The Morgan fingerprint density at radius 3 is 2.33 bits per heavy atom. The first kappa shape index (κ1) is 13.5. The van der Waals surface area contributed by atoms with Gasteiger partial charge in [0.2, 0.25) is 10.0 Å². The summed E-state index contributed by atoms with van der Waals surface area (Å²) in [7, 11) is -3.37. The lowest BCUT2D eigenvalue weighted by Gasteiger charge is -2.26. The van der Waals surface area contributed by atoms with E-state index >= 15 is 0 Å². The lowest BCUT2D eigenvalue weighted by Crippen LogP contribution is -2.40. The highest BCUT2D eigenvalue weighted by atomic mass is 32.2. The molecule has 0 unspecified atom stereocenters. The minimum Gasteiger partial charge on any atom is -0.379 e. The van der Waals surface area contributed by atoms with Gasteiger partial charge >= 0.3 is 0 Å². The van der Waals surface area contributed by atoms with Crippen LogP contribution in [0.25, 0.3) is 0 Å². The zero-order valence-electron chi connectivity index (χ0n) is 10.2. The van der Waals surface area contributed by atoms with E-state index in [1.807, 2.05) is 12.1 Å². The first-order valence-corrected chi connectivity index (χ1v) is 7.45. The van der Waals surface area contributed by atoms with Crippen LogP contribution in [-0.4, -0.2) is 45.6 Å². The van der Waals surface area contributed by atoms with Gasteiger partial charge in [0.1, 0.15) is 0 Å². The lowest BCUT2D eigenvalue weighted by molar-refractivity contribution is 0.0730. The van der Waals surface area contributed by atoms with E-state index in [0.29, 0.717) is 37.7 Å². The smallest absolute Gasteiger partial charge is 0.243 e. The maximum atomic E-state index is 12.3. The maximum absolute atomic E-state index is 12.3. The number of sulfonamides is 1. The topological polar surface area (TPSA) is 72.6 Å². The molecule has 1 aliphatic heterocycles. The summed E-state index contributed by atoms with van der Waals surface area (Å²) in [4.78, 5) is 0.338. The van der Waals surface area contributed by atoms with Crippen LogP contribution in [0, 0.1) is 0 Å². The molecular formula is C12H18N2O3S. The third-order valence-corrected chi connectivity index (χ3v) is 4.88. The Bertz CT molecular complexity index is 479. The maximum Gasteiger partial charge on any atom is 0.243 e. The Morgan fingerprint density at radius 1 is 1.17 bits per heavy atom. The van der Waals surface area contributed by atoms with Crippen LogP contribution in [0.4, 0.5) is 0 Å². The van der Waals surface area contributed by atoms with E-state index in [1.54, 1.807) is 12.1 Å². The molecule has 1 heterocycles. The minimum absolute atomic E-state index is 0.338. The van der Waals surface area contributed by atoms with E-state index in [9.17, 15) is 8.42 Å². The second-order valence-corrected chi connectivity index (χ2v) is 6.14. The third-order valence-electron chi connectivity index (χ3n) is 2.96. The van der Waals surface area contributed by atoms with E-state index in [-0.39, 0.29) is 0 Å². The van der Waals surface area contributed by atoms with Crippen molar-refractivity contribution in [3.8, 4) is 0 Å². The minimum atomic E-state index is -3.37. The number of morpholine rings is 1. The zero-order chi connectivity index (χ0) is 13.0. The fourth-order valence-corrected chi connectivity index (χ4v) is 3.34. The Hall–Kier alpha value is -0.950. The summed E-state index contributed by atoms with van der Waals surface area (Å²) < 4.78 is 31.2. The predicted molar refractivity (Wildman–Crippen MR) is 68.8 cm³/mol. The van der Waals surface area contributed by atoms with Gasteiger partial charge in [0, 0.05) is 13.1 Å². The van der Waals surface area contributed by atoms with Gasteiger partial charge in [0.15, 0.2) is 0 Å². The van der Waals surface area contributed by atoms with Gasteiger partial charge < -0.3 is 10.5 Å². The molecule has 0 amide bonds. The van der Waals surface area contributed by atoms with Crippen molar-refractivity contribution < 1.29 is 13.2 Å². The number of ether oxygens (including phenoxy) is 1. The van der Waals surface area contributed by atoms with Crippen LogP contribution in [0.5, 0.6) is 0 Å². The van der Waals surface area contributed by atoms with Gasteiger partial charge in [-0.3, -0.25) is 0 Å². The van der Waals surface area contributed by atoms with Crippen LogP contribution in [0.1, 0.15) is 5.56 Å². The summed E-state index contributed by atoms with van der Waals surface area (Å²) >= 11 is 0. The van der Waals surface area contributed by atoms with Crippen LogP contribution in [-0.2, 0) is 21.2 Å². The Morgan fingerprint density at radius 2 is 1.78 bits per heavy atom. The van der Waals surface area contributed by atoms with Gasteiger partial charge in [-0.25, -0.2) is 8.42 Å². The van der Waals surface area contributed by atoms with Crippen molar-refractivity contribution in [2.45, 2.75) is 11.3 Å². The van der Waals surface area contributed by atoms with Gasteiger partial charge in [0.05, 0.1) is 18.1 Å². The fourth-order valence-electron chi connectivity index (χ4n) is 1.93. The molecule has 2 N–H and O–H groups in total. The molecule has 0 saturated carbocycles. The van der Waals surface area contributed by atoms with Gasteiger partial charge in [0.25, 0.3) is 0 Å². The first-order valence-electron chi connectivity index (χ1n) is 6.01. The Kier molecular flexibility index (Phi) is 4.34. The second-order valence-electron chi connectivity index (χ2n) is 4.20. The summed E-state index contributed by atoms with van der Waals surface area (Å²) in [6.07, 6.45) is 0.762. The molecule has 5 nitrogen and oxygen atoms in total. The van der Waals surface area contributed by atoms with Crippen molar-refractivity contribution in [3.05, 3.63) is 29.8 Å². The van der Waals surface area contributed by atoms with Crippen molar-refractivity contribution >= 4 is 10.0 Å². The van der Waals surface area contributed by atoms with Crippen molar-refractivity contribution in [1.82, 2.24) is 4.31 Å². The van der Waals surface area contributed by atoms with Crippen molar-refractivity contribution in [2.75, 3.05) is 32.8 Å². The van der Waals surface area contributed by atoms with Crippen LogP contribution in [0.3, 0.4) is 0 Å². The van der Waals surface area contributed by atoms with Crippen LogP contribution < -0.4 is 5.73 Å². The number of benzene rings is 1. The Labute approximate surface area is 108 Å².